The van der Waals surface area contributed by atoms with Crippen LogP contribution in [0.5, 0.6) is 0 Å². The number of fused-ring (bicyclic) bond motifs is 2. The number of ether oxygens (including phenoxy) is 4. The number of allylic oxidation sites excluding steroid dienone is 4. The van der Waals surface area contributed by atoms with Gasteiger partial charge in [0.05, 0.1) is 65.8 Å². The molecule has 1 fully saturated rings. The Balaban J connectivity index is 1.41. The van der Waals surface area contributed by atoms with Gasteiger partial charge in [-0.15, -0.1) is 5.06 Å². The van der Waals surface area contributed by atoms with Crippen molar-refractivity contribution in [1.29, 1.82) is 0 Å². The normalized spacial score (nSPS) is 22.7. The number of hydrogen-bond acceptors (Lipinski definition) is 18. The van der Waals surface area contributed by atoms with Crippen molar-refractivity contribution in [3.05, 3.63) is 82.3 Å². The number of methoxy groups -OCH3 is 2. The van der Waals surface area contributed by atoms with E-state index in [1.54, 1.807) is 23.6 Å². The highest BCUT2D eigenvalue weighted by Crippen LogP contribution is 2.53. The van der Waals surface area contributed by atoms with Crippen LogP contribution in [0.25, 0.3) is 0 Å². The predicted molar refractivity (Wildman–Crippen MR) is 249 cm³/mol. The number of anilines is 2. The summed E-state index contributed by atoms with van der Waals surface area (Å²) in [7, 11) is -10.9. The number of carbonyl (C=O) groups is 4. The largest absolute Gasteiger partial charge is 0.506 e. The summed E-state index contributed by atoms with van der Waals surface area (Å²) < 4.78 is 125. The van der Waals surface area contributed by atoms with Gasteiger partial charge in [-0.25, -0.2) is 4.79 Å². The van der Waals surface area contributed by atoms with Crippen LogP contribution in [-0.2, 0) is 84.1 Å². The summed E-state index contributed by atoms with van der Waals surface area (Å²) in [5, 5.41) is 12.3. The van der Waals surface area contributed by atoms with Gasteiger partial charge in [0.15, 0.2) is 5.78 Å². The van der Waals surface area contributed by atoms with E-state index in [1.165, 1.54) is 62.8 Å². The third-order valence-corrected chi connectivity index (χ3v) is 15.4. The number of imide groups is 1. The molecule has 3 unspecified atom stereocenters. The second-order valence-corrected chi connectivity index (χ2v) is 22.0. The number of aliphatic hydroxyl groups is 1. The Bertz CT molecular complexity index is 2810. The van der Waals surface area contributed by atoms with Crippen molar-refractivity contribution in [3.8, 4) is 0 Å². The molecule has 4 aliphatic rings. The van der Waals surface area contributed by atoms with E-state index in [1.807, 2.05) is 0 Å². The summed E-state index contributed by atoms with van der Waals surface area (Å²) in [4.78, 5) is 59.2. The second kappa shape index (κ2) is 21.7. The summed E-state index contributed by atoms with van der Waals surface area (Å²) in [5.74, 6) is -3.94. The maximum Gasteiger partial charge on any atom is 0.333 e. The number of hydroxylamine groups is 2. The van der Waals surface area contributed by atoms with Gasteiger partial charge in [-0.1, -0.05) is 6.92 Å². The van der Waals surface area contributed by atoms with Crippen molar-refractivity contribution >= 4 is 65.3 Å². The van der Waals surface area contributed by atoms with Crippen LogP contribution in [0.1, 0.15) is 69.9 Å². The predicted octanol–water partition coefficient (Wildman–Crippen LogP) is 3.38. The molecule has 384 valence electrons. The van der Waals surface area contributed by atoms with E-state index >= 15 is 0 Å². The quantitative estimate of drug-likeness (QED) is 0.0479. The Hall–Kier alpha value is -5.09. The molecule has 4 N–H and O–H groups in total. The van der Waals surface area contributed by atoms with Crippen molar-refractivity contribution in [2.75, 3.05) is 82.5 Å². The fourth-order valence-electron chi connectivity index (χ4n) is 9.28. The zero-order chi connectivity index (χ0) is 51.4. The van der Waals surface area contributed by atoms with Gasteiger partial charge in [-0.05, 0) is 92.3 Å². The van der Waals surface area contributed by atoms with Crippen molar-refractivity contribution in [3.63, 3.8) is 0 Å². The first-order valence-electron chi connectivity index (χ1n) is 22.2. The van der Waals surface area contributed by atoms with Crippen molar-refractivity contribution in [1.82, 2.24) is 5.06 Å². The highest BCUT2D eigenvalue weighted by molar-refractivity contribution is 7.86. The van der Waals surface area contributed by atoms with Gasteiger partial charge >= 0.3 is 5.97 Å². The fraction of sp³-hybridized carbons (Fsp3) is 0.511. The van der Waals surface area contributed by atoms with Gasteiger partial charge in [0.1, 0.15) is 5.76 Å². The van der Waals surface area contributed by atoms with Crippen LogP contribution in [0.15, 0.2) is 80.9 Å². The Morgan fingerprint density at radius 3 is 1.93 bits per heavy atom. The van der Waals surface area contributed by atoms with Crippen molar-refractivity contribution in [2.45, 2.75) is 85.5 Å². The van der Waals surface area contributed by atoms with Crippen LogP contribution in [0.3, 0.4) is 0 Å². The molecule has 3 aliphatic heterocycles. The number of benzene rings is 2. The zero-order valence-corrected chi connectivity index (χ0v) is 41.4. The number of Topliss-reactive ketones (excluding diaryl/α,β-unsaturated/α-hetero) is 1. The van der Waals surface area contributed by atoms with E-state index in [-0.39, 0.29) is 95.6 Å². The molecule has 0 aromatic heterocycles. The van der Waals surface area contributed by atoms with Crippen LogP contribution in [0.2, 0.25) is 0 Å². The lowest BCUT2D eigenvalue weighted by Crippen LogP contribution is -2.44. The number of hydrogen-bond donors (Lipinski definition) is 4. The number of nitrogens with zero attached hydrogens (tertiary/aromatic N) is 3. The van der Waals surface area contributed by atoms with Gasteiger partial charge in [0.25, 0.3) is 42.2 Å². The molecule has 1 saturated heterocycles. The molecule has 2 aromatic carbocycles. The molecule has 3 atom stereocenters. The van der Waals surface area contributed by atoms with E-state index in [9.17, 15) is 63.2 Å². The Kier molecular flexibility index (Phi) is 16.8. The summed E-state index contributed by atoms with van der Waals surface area (Å²) in [6.45, 7) is 4.96. The standard InChI is InChI=1S/C45H57N3O19S3/c1-44(14-6-24-68(54,55)56)33-25-29(69(57,58)59)9-11-36(33)47(17-19-65-22-23-66-21-20-64-4)37(44)27-31-42(52)32(43(31)53)28-38-45(2,15-18-63-3)34-26-30(70(60,61)62)8-10-35(34)46(38)16-5-7-41(51)67-48-39(49)12-13-40(48)50/h8-11,25-28,37,52H,5-7,12-24H2,1-4H3,(H,54,55,56)(H,57,58,59)(H,60,61,62)/b31-27+,38-28+. The van der Waals surface area contributed by atoms with E-state index in [0.717, 1.165) is 0 Å². The van der Waals surface area contributed by atoms with Crippen LogP contribution < -0.4 is 9.80 Å². The minimum atomic E-state index is -4.74. The number of ketones is 1. The number of aliphatic hydroxyl groups excluding tert-OH is 1. The Morgan fingerprint density at radius 2 is 1.34 bits per heavy atom. The SMILES string of the molecule is COCCOCCOCCN1c2ccc(S(=O)(=O)O)cc2C(C)(CCCS(=O)(=O)O)C1/C=C1/C(=O)C(/C=C2/N(CCCC(=O)ON3C(=O)CCC3=O)c3ccc(S(=O)(=O)O)cc3C2(C)CCOC)=C1O. The minimum absolute atomic E-state index is 0.00174. The summed E-state index contributed by atoms with van der Waals surface area (Å²) in [6, 6.07) is 6.94. The van der Waals surface area contributed by atoms with Gasteiger partial charge < -0.3 is 38.7 Å². The first kappa shape index (κ1) is 54.2. The molecule has 1 aliphatic carbocycles. The number of amides is 2. The minimum Gasteiger partial charge on any atom is -0.506 e. The second-order valence-electron chi connectivity index (χ2n) is 17.5. The third-order valence-electron chi connectivity index (χ3n) is 12.9. The molecule has 0 radical (unpaired) electrons. The average molecular weight is 1040 g/mol. The first-order chi connectivity index (χ1) is 32.9. The van der Waals surface area contributed by atoms with Gasteiger partial charge in [-0.3, -0.25) is 28.0 Å². The van der Waals surface area contributed by atoms with Crippen LogP contribution in [0, 0.1) is 0 Å². The molecular formula is C45H57N3O19S3. The smallest absolute Gasteiger partial charge is 0.333 e. The molecule has 22 nitrogen and oxygen atoms in total. The molecule has 25 heteroatoms. The highest BCUT2D eigenvalue weighted by Gasteiger charge is 2.50. The molecule has 2 amide bonds. The summed E-state index contributed by atoms with van der Waals surface area (Å²) in [5.41, 5.74) is -0.681. The molecule has 3 heterocycles. The molecule has 0 saturated carbocycles. The van der Waals surface area contributed by atoms with Crippen LogP contribution in [0.4, 0.5) is 11.4 Å². The van der Waals surface area contributed by atoms with E-state index in [4.69, 9.17) is 23.8 Å². The maximum atomic E-state index is 14.5. The fourth-order valence-corrected chi connectivity index (χ4v) is 10.8. The van der Waals surface area contributed by atoms with Crippen molar-refractivity contribution < 1.29 is 87.0 Å². The average Bonchev–Trinajstić information content (AvgIpc) is 3.82. The zero-order valence-electron chi connectivity index (χ0n) is 39.0. The first-order valence-corrected chi connectivity index (χ1v) is 26.7. The maximum absolute atomic E-state index is 14.5. The van der Waals surface area contributed by atoms with E-state index < -0.39 is 92.1 Å². The third kappa shape index (κ3) is 11.8. The van der Waals surface area contributed by atoms with Crippen molar-refractivity contribution in [2.24, 2.45) is 0 Å². The molecule has 6 rings (SSSR count). The molecule has 70 heavy (non-hydrogen) atoms. The van der Waals surface area contributed by atoms with Gasteiger partial charge in [0, 0.05) is 81.1 Å². The Morgan fingerprint density at radius 1 is 0.757 bits per heavy atom. The van der Waals surface area contributed by atoms with Gasteiger partial charge in [0.2, 0.25) is 0 Å². The van der Waals surface area contributed by atoms with Crippen LogP contribution in [-0.4, -0.2) is 151 Å². The summed E-state index contributed by atoms with van der Waals surface area (Å²) in [6.07, 6.45) is 2.55. The van der Waals surface area contributed by atoms with Gasteiger partial charge in [-0.2, -0.15) is 25.3 Å². The lowest BCUT2D eigenvalue weighted by atomic mass is 9.72. The molecule has 0 spiro atoms. The molecule has 2 aromatic rings. The number of rotatable bonds is 25. The lowest BCUT2D eigenvalue weighted by molar-refractivity contribution is -0.197. The molecule has 0 bridgehead atoms. The lowest BCUT2D eigenvalue weighted by Gasteiger charge is -2.37. The van der Waals surface area contributed by atoms with E-state index in [2.05, 4.69) is 0 Å². The monoisotopic (exact) mass is 1040 g/mol. The summed E-state index contributed by atoms with van der Waals surface area (Å²) >= 11 is 0. The molecular weight excluding hydrogens is 983 g/mol. The Labute approximate surface area is 406 Å². The number of carbonyl (C=O) groups excluding carboxylic acids is 4. The topological polar surface area (TPSA) is 307 Å². The van der Waals surface area contributed by atoms with E-state index in [0.29, 0.717) is 46.5 Å². The van der Waals surface area contributed by atoms with Crippen LogP contribution >= 0.6 is 0 Å². The highest BCUT2D eigenvalue weighted by atomic mass is 32.2.